The number of aromatic nitrogens is 2. The summed E-state index contributed by atoms with van der Waals surface area (Å²) >= 11 is 2.24. The Balaban J connectivity index is 1.96. The molecule has 2 heterocycles. The molecule has 31 heavy (non-hydrogen) atoms. The molecule has 5 rings (SSSR count). The van der Waals surface area contributed by atoms with Crippen LogP contribution in [0.5, 0.6) is 0 Å². The van der Waals surface area contributed by atoms with E-state index in [0.29, 0.717) is 10.9 Å². The van der Waals surface area contributed by atoms with E-state index in [0.717, 1.165) is 36.9 Å². The van der Waals surface area contributed by atoms with Crippen LogP contribution in [0.1, 0.15) is 5.69 Å². The zero-order valence-corrected chi connectivity index (χ0v) is 19.4. The Kier molecular flexibility index (Phi) is 4.98. The topological polar surface area (TPSA) is 39.3 Å². The molecule has 0 spiro atoms. The molecule has 0 aliphatic heterocycles. The molecular formula is C26H20IN3O. The predicted octanol–water partition coefficient (Wildman–Crippen LogP) is 5.63. The molecule has 0 saturated carbocycles. The van der Waals surface area contributed by atoms with Gasteiger partial charge in [0.1, 0.15) is 5.49 Å². The van der Waals surface area contributed by atoms with Gasteiger partial charge < -0.3 is 4.57 Å². The van der Waals surface area contributed by atoms with Crippen LogP contribution in [0.3, 0.4) is 0 Å². The Morgan fingerprint density at radius 3 is 2.35 bits per heavy atom. The fourth-order valence-corrected chi connectivity index (χ4v) is 4.48. The Hall–Kier alpha value is -3.19. The summed E-state index contributed by atoms with van der Waals surface area (Å²) in [5.74, 6) is 0. The lowest BCUT2D eigenvalue weighted by molar-refractivity contribution is 0.904. The maximum absolute atomic E-state index is 13.7. The highest BCUT2D eigenvalue weighted by atomic mass is 127. The van der Waals surface area contributed by atoms with Gasteiger partial charge in [-0.15, -0.1) is 0 Å². The van der Waals surface area contributed by atoms with Crippen molar-refractivity contribution in [3.8, 4) is 5.69 Å². The molecule has 5 aromatic rings. The van der Waals surface area contributed by atoms with Crippen LogP contribution in [0.4, 0.5) is 5.69 Å². The summed E-state index contributed by atoms with van der Waals surface area (Å²) in [5.41, 5.74) is 4.36. The molecule has 4 nitrogen and oxygen atoms in total. The van der Waals surface area contributed by atoms with Gasteiger partial charge in [-0.1, -0.05) is 48.5 Å². The number of nitrogens with zero attached hydrogens (tertiary/aromatic N) is 3. The van der Waals surface area contributed by atoms with E-state index in [9.17, 15) is 4.79 Å². The molecule has 3 aromatic carbocycles. The van der Waals surface area contributed by atoms with E-state index in [1.165, 1.54) is 0 Å². The van der Waals surface area contributed by atoms with Gasteiger partial charge in [-0.05, 0) is 71.3 Å². The van der Waals surface area contributed by atoms with Crippen LogP contribution in [-0.2, 0) is 7.05 Å². The predicted molar refractivity (Wildman–Crippen MR) is 135 cm³/mol. The van der Waals surface area contributed by atoms with Crippen molar-refractivity contribution < 1.29 is 0 Å². The SMILES string of the molecule is Cc1c(N=c2ccc3ccc(I)cc3c(=O)n2-c2ccccc2)c2ccccc2n1C. The summed E-state index contributed by atoms with van der Waals surface area (Å²) in [5, 5.41) is 2.64. The summed E-state index contributed by atoms with van der Waals surface area (Å²) in [7, 11) is 2.04. The molecule has 5 heteroatoms. The maximum Gasteiger partial charge on any atom is 0.264 e. The molecule has 0 aliphatic carbocycles. The van der Waals surface area contributed by atoms with Gasteiger partial charge in [0.15, 0.2) is 0 Å². The first-order valence-corrected chi connectivity index (χ1v) is 11.1. The van der Waals surface area contributed by atoms with Crippen molar-refractivity contribution in [1.29, 1.82) is 0 Å². The van der Waals surface area contributed by atoms with Gasteiger partial charge in [0, 0.05) is 27.1 Å². The Morgan fingerprint density at radius 2 is 1.55 bits per heavy atom. The van der Waals surface area contributed by atoms with E-state index in [-0.39, 0.29) is 5.56 Å². The summed E-state index contributed by atoms with van der Waals surface area (Å²) < 4.78 is 4.87. The quantitative estimate of drug-likeness (QED) is 0.280. The third-order valence-electron chi connectivity index (χ3n) is 5.70. The van der Waals surface area contributed by atoms with Crippen LogP contribution in [0.2, 0.25) is 0 Å². The fourth-order valence-electron chi connectivity index (χ4n) is 3.99. The largest absolute Gasteiger partial charge is 0.346 e. The summed E-state index contributed by atoms with van der Waals surface area (Å²) in [4.78, 5) is 18.8. The monoisotopic (exact) mass is 517 g/mol. The zero-order valence-electron chi connectivity index (χ0n) is 17.2. The summed E-state index contributed by atoms with van der Waals surface area (Å²) in [6, 6.07) is 27.8. The van der Waals surface area contributed by atoms with E-state index in [2.05, 4.69) is 46.2 Å². The van der Waals surface area contributed by atoms with Gasteiger partial charge >= 0.3 is 0 Å². The number of halogens is 1. The van der Waals surface area contributed by atoms with E-state index < -0.39 is 0 Å². The fraction of sp³-hybridized carbons (Fsp3) is 0.0769. The Bertz CT molecular complexity index is 1580. The number of rotatable bonds is 2. The molecule has 0 fully saturated rings. The minimum absolute atomic E-state index is 0.0821. The van der Waals surface area contributed by atoms with Crippen molar-refractivity contribution in [2.24, 2.45) is 12.0 Å². The standard InChI is InChI=1S/C26H20IN3O/c1-17-25(21-10-6-7-11-23(21)29(17)2)28-24-15-13-18-12-14-19(27)16-22(18)26(31)30(24)20-8-4-3-5-9-20/h3-16H,1-2H3. The molecule has 0 bridgehead atoms. The highest BCUT2D eigenvalue weighted by Crippen LogP contribution is 2.31. The van der Waals surface area contributed by atoms with E-state index >= 15 is 0 Å². The van der Waals surface area contributed by atoms with Crippen molar-refractivity contribution >= 4 is 50.0 Å². The first kappa shape index (κ1) is 19.8. The van der Waals surface area contributed by atoms with Crippen molar-refractivity contribution in [3.63, 3.8) is 0 Å². The first-order chi connectivity index (χ1) is 15.0. The number of hydrogen-bond acceptors (Lipinski definition) is 2. The molecule has 0 N–H and O–H groups in total. The lowest BCUT2D eigenvalue weighted by Crippen LogP contribution is -2.28. The summed E-state index contributed by atoms with van der Waals surface area (Å²) in [6.45, 7) is 2.06. The molecule has 0 amide bonds. The second-order valence-corrected chi connectivity index (χ2v) is 8.77. The van der Waals surface area contributed by atoms with Crippen molar-refractivity contribution in [3.05, 3.63) is 110 Å². The van der Waals surface area contributed by atoms with Crippen LogP contribution in [0, 0.1) is 10.5 Å². The van der Waals surface area contributed by atoms with Crippen LogP contribution in [0.25, 0.3) is 27.4 Å². The van der Waals surface area contributed by atoms with Gasteiger partial charge in [-0.25, -0.2) is 4.99 Å². The van der Waals surface area contributed by atoms with Crippen molar-refractivity contribution in [1.82, 2.24) is 9.13 Å². The molecule has 0 saturated heterocycles. The van der Waals surface area contributed by atoms with Gasteiger partial charge in [-0.3, -0.25) is 9.36 Å². The van der Waals surface area contributed by atoms with Gasteiger partial charge in [0.2, 0.25) is 0 Å². The number of hydrogen-bond donors (Lipinski definition) is 0. The molecule has 2 aromatic heterocycles. The first-order valence-electron chi connectivity index (χ1n) is 10.0. The van der Waals surface area contributed by atoms with Crippen LogP contribution < -0.4 is 11.0 Å². The highest BCUT2D eigenvalue weighted by Gasteiger charge is 2.12. The van der Waals surface area contributed by atoms with E-state index in [4.69, 9.17) is 4.99 Å². The van der Waals surface area contributed by atoms with Crippen molar-refractivity contribution in [2.75, 3.05) is 0 Å². The number of benzene rings is 3. The van der Waals surface area contributed by atoms with E-state index in [1.54, 1.807) is 4.57 Å². The molecule has 0 radical (unpaired) electrons. The third-order valence-corrected chi connectivity index (χ3v) is 6.37. The Labute approximate surface area is 193 Å². The van der Waals surface area contributed by atoms with Gasteiger partial charge in [0.25, 0.3) is 5.56 Å². The third kappa shape index (κ3) is 3.39. The smallest absolute Gasteiger partial charge is 0.264 e. The average molecular weight is 517 g/mol. The number of fused-ring (bicyclic) bond motifs is 2. The van der Waals surface area contributed by atoms with Crippen LogP contribution in [0.15, 0.2) is 94.7 Å². The molecule has 0 unspecified atom stereocenters. The molecule has 0 aliphatic rings. The average Bonchev–Trinajstić information content (AvgIpc) is 2.94. The van der Waals surface area contributed by atoms with Gasteiger partial charge in [0.05, 0.1) is 16.9 Å². The minimum Gasteiger partial charge on any atom is -0.346 e. The minimum atomic E-state index is -0.0821. The van der Waals surface area contributed by atoms with Gasteiger partial charge in [-0.2, -0.15) is 0 Å². The number of aryl methyl sites for hydroxylation is 1. The van der Waals surface area contributed by atoms with Crippen molar-refractivity contribution in [2.45, 2.75) is 6.92 Å². The number of para-hydroxylation sites is 2. The maximum atomic E-state index is 13.7. The summed E-state index contributed by atoms with van der Waals surface area (Å²) in [6.07, 6.45) is 0. The lowest BCUT2D eigenvalue weighted by Gasteiger charge is -2.05. The molecule has 152 valence electrons. The second kappa shape index (κ2) is 7.81. The van der Waals surface area contributed by atoms with Crippen LogP contribution >= 0.6 is 22.6 Å². The molecular weight excluding hydrogens is 497 g/mol. The highest BCUT2D eigenvalue weighted by molar-refractivity contribution is 14.1. The van der Waals surface area contributed by atoms with Crippen LogP contribution in [-0.4, -0.2) is 9.13 Å². The Morgan fingerprint density at radius 1 is 0.839 bits per heavy atom. The lowest BCUT2D eigenvalue weighted by atomic mass is 10.2. The zero-order chi connectivity index (χ0) is 21.5. The normalized spacial score (nSPS) is 12.0. The van der Waals surface area contributed by atoms with E-state index in [1.807, 2.05) is 79.8 Å². The molecule has 0 atom stereocenters. The second-order valence-electron chi connectivity index (χ2n) is 7.52.